The maximum absolute atomic E-state index is 5.94. The molecule has 0 saturated heterocycles. The van der Waals surface area contributed by atoms with Crippen LogP contribution in [0.4, 0.5) is 0 Å². The molecule has 1 aliphatic carbocycles. The van der Waals surface area contributed by atoms with E-state index >= 15 is 0 Å². The molecule has 0 fully saturated rings. The third-order valence-corrected chi connectivity index (χ3v) is 4.34. The van der Waals surface area contributed by atoms with Crippen molar-refractivity contribution >= 4 is 5.65 Å². The predicted octanol–water partition coefficient (Wildman–Crippen LogP) is 2.69. The van der Waals surface area contributed by atoms with Gasteiger partial charge in [0.25, 0.3) is 0 Å². The number of hydrogen-bond acceptors (Lipinski definition) is 4. The van der Waals surface area contributed by atoms with Gasteiger partial charge in [-0.25, -0.2) is 0 Å². The predicted molar refractivity (Wildman–Crippen MR) is 85.5 cm³/mol. The first-order valence-electron chi connectivity index (χ1n) is 7.82. The zero-order chi connectivity index (χ0) is 15.1. The minimum absolute atomic E-state index is 0.193. The third-order valence-electron chi connectivity index (χ3n) is 4.34. The quantitative estimate of drug-likeness (QED) is 0.788. The van der Waals surface area contributed by atoms with E-state index in [2.05, 4.69) is 33.5 Å². The number of nitrogens with two attached hydrogens (primary N) is 1. The molecule has 2 heterocycles. The Bertz CT molecular complexity index is 834. The first kappa shape index (κ1) is 13.4. The van der Waals surface area contributed by atoms with Crippen molar-refractivity contribution in [3.63, 3.8) is 0 Å². The Kier molecular flexibility index (Phi) is 3.15. The van der Waals surface area contributed by atoms with E-state index < -0.39 is 0 Å². The monoisotopic (exact) mass is 293 g/mol. The van der Waals surface area contributed by atoms with Crippen LogP contribution in [0.3, 0.4) is 0 Å². The molecule has 1 aromatic carbocycles. The molecular formula is C17H19N5. The average Bonchev–Trinajstić information content (AvgIpc) is 2.97. The Morgan fingerprint density at radius 2 is 1.86 bits per heavy atom. The van der Waals surface area contributed by atoms with E-state index in [1.165, 1.54) is 36.8 Å². The Hall–Kier alpha value is -2.27. The molecule has 4 rings (SSSR count). The standard InChI is InChI=1S/C17H19N5/c1-11(18)17-20-19-16-9-8-15(21-22(16)17)14-7-6-12-4-2-3-5-13(12)10-14/h6-11H,2-5,18H2,1H3. The first-order chi connectivity index (χ1) is 10.7. The highest BCUT2D eigenvalue weighted by atomic mass is 15.4. The number of benzene rings is 1. The second kappa shape index (κ2) is 5.18. The van der Waals surface area contributed by atoms with Crippen LogP contribution in [-0.4, -0.2) is 19.8 Å². The lowest BCUT2D eigenvalue weighted by Gasteiger charge is -2.16. The molecule has 2 aromatic heterocycles. The van der Waals surface area contributed by atoms with Gasteiger partial charge >= 0.3 is 0 Å². The normalized spacial score (nSPS) is 15.7. The number of nitrogens with zero attached hydrogens (tertiary/aromatic N) is 4. The van der Waals surface area contributed by atoms with Crippen molar-refractivity contribution in [2.75, 3.05) is 0 Å². The van der Waals surface area contributed by atoms with Crippen LogP contribution in [-0.2, 0) is 12.8 Å². The van der Waals surface area contributed by atoms with E-state index in [1.54, 1.807) is 4.52 Å². The van der Waals surface area contributed by atoms with Crippen molar-refractivity contribution in [2.24, 2.45) is 5.73 Å². The molecule has 3 aromatic rings. The molecule has 5 nitrogen and oxygen atoms in total. The minimum atomic E-state index is -0.193. The van der Waals surface area contributed by atoms with Gasteiger partial charge in [-0.15, -0.1) is 10.2 Å². The molecule has 5 heteroatoms. The molecule has 2 N–H and O–H groups in total. The van der Waals surface area contributed by atoms with Gasteiger partial charge in [0.15, 0.2) is 11.5 Å². The maximum atomic E-state index is 5.94. The fourth-order valence-electron chi connectivity index (χ4n) is 3.14. The van der Waals surface area contributed by atoms with E-state index in [-0.39, 0.29) is 6.04 Å². The summed E-state index contributed by atoms with van der Waals surface area (Å²) in [4.78, 5) is 0. The third kappa shape index (κ3) is 2.18. The van der Waals surface area contributed by atoms with Crippen LogP contribution in [0.15, 0.2) is 30.3 Å². The van der Waals surface area contributed by atoms with Crippen molar-refractivity contribution in [3.8, 4) is 11.3 Å². The fraction of sp³-hybridized carbons (Fsp3) is 0.353. The Balaban J connectivity index is 1.82. The van der Waals surface area contributed by atoms with Crippen LogP contribution in [0.2, 0.25) is 0 Å². The minimum Gasteiger partial charge on any atom is -0.321 e. The van der Waals surface area contributed by atoms with Crippen LogP contribution < -0.4 is 5.73 Å². The van der Waals surface area contributed by atoms with Gasteiger partial charge in [0.05, 0.1) is 11.7 Å². The molecule has 1 aliphatic rings. The molecule has 0 radical (unpaired) electrons. The van der Waals surface area contributed by atoms with Crippen LogP contribution in [0.5, 0.6) is 0 Å². The molecule has 0 spiro atoms. The molecule has 112 valence electrons. The van der Waals surface area contributed by atoms with Gasteiger partial charge in [-0.3, -0.25) is 0 Å². The van der Waals surface area contributed by atoms with Crippen LogP contribution >= 0.6 is 0 Å². The highest BCUT2D eigenvalue weighted by Gasteiger charge is 2.14. The van der Waals surface area contributed by atoms with Crippen molar-refractivity contribution in [1.29, 1.82) is 0 Å². The van der Waals surface area contributed by atoms with Gasteiger partial charge in [0.1, 0.15) is 0 Å². The zero-order valence-electron chi connectivity index (χ0n) is 12.7. The number of aryl methyl sites for hydroxylation is 2. The summed E-state index contributed by atoms with van der Waals surface area (Å²) in [6, 6.07) is 10.4. The molecule has 0 amide bonds. The molecule has 1 atom stereocenters. The first-order valence-corrected chi connectivity index (χ1v) is 7.82. The van der Waals surface area contributed by atoms with E-state index in [0.29, 0.717) is 5.82 Å². The number of fused-ring (bicyclic) bond motifs is 2. The van der Waals surface area contributed by atoms with Crippen molar-refractivity contribution in [2.45, 2.75) is 38.6 Å². The zero-order valence-corrected chi connectivity index (χ0v) is 12.7. The lowest BCUT2D eigenvalue weighted by Crippen LogP contribution is -2.11. The summed E-state index contributed by atoms with van der Waals surface area (Å²) in [7, 11) is 0. The van der Waals surface area contributed by atoms with Crippen molar-refractivity contribution < 1.29 is 0 Å². The van der Waals surface area contributed by atoms with E-state index in [0.717, 1.165) is 16.9 Å². The van der Waals surface area contributed by atoms with Crippen LogP contribution in [0.25, 0.3) is 16.9 Å². The van der Waals surface area contributed by atoms with Gasteiger partial charge in [-0.05, 0) is 61.9 Å². The summed E-state index contributed by atoms with van der Waals surface area (Å²) in [5, 5.41) is 12.9. The maximum Gasteiger partial charge on any atom is 0.178 e. The van der Waals surface area contributed by atoms with Gasteiger partial charge in [-0.2, -0.15) is 9.61 Å². The van der Waals surface area contributed by atoms with Gasteiger partial charge in [-0.1, -0.05) is 12.1 Å². The molecule has 22 heavy (non-hydrogen) atoms. The summed E-state index contributed by atoms with van der Waals surface area (Å²) in [6.07, 6.45) is 4.95. The Morgan fingerprint density at radius 1 is 1.05 bits per heavy atom. The Labute approximate surface area is 129 Å². The summed E-state index contributed by atoms with van der Waals surface area (Å²) >= 11 is 0. The topological polar surface area (TPSA) is 69.1 Å². The fourth-order valence-corrected chi connectivity index (χ4v) is 3.14. The second-order valence-corrected chi connectivity index (χ2v) is 6.03. The number of hydrogen-bond donors (Lipinski definition) is 1. The average molecular weight is 293 g/mol. The molecule has 0 bridgehead atoms. The summed E-state index contributed by atoms with van der Waals surface area (Å²) in [5.74, 6) is 0.690. The van der Waals surface area contributed by atoms with Gasteiger partial charge in [0, 0.05) is 5.56 Å². The molecule has 1 unspecified atom stereocenters. The lowest BCUT2D eigenvalue weighted by molar-refractivity contribution is 0.685. The molecular weight excluding hydrogens is 274 g/mol. The molecule has 0 aliphatic heterocycles. The van der Waals surface area contributed by atoms with Crippen LogP contribution in [0.1, 0.15) is 42.8 Å². The highest BCUT2D eigenvalue weighted by Crippen LogP contribution is 2.26. The largest absolute Gasteiger partial charge is 0.321 e. The lowest BCUT2D eigenvalue weighted by atomic mass is 9.90. The SMILES string of the molecule is CC(N)c1nnc2ccc(-c3ccc4c(c3)CCCC4)nn12. The van der Waals surface area contributed by atoms with E-state index in [1.807, 2.05) is 19.1 Å². The Morgan fingerprint density at radius 3 is 2.68 bits per heavy atom. The smallest absolute Gasteiger partial charge is 0.178 e. The highest BCUT2D eigenvalue weighted by molar-refractivity contribution is 5.62. The number of aromatic nitrogens is 4. The van der Waals surface area contributed by atoms with Gasteiger partial charge in [0.2, 0.25) is 0 Å². The van der Waals surface area contributed by atoms with E-state index in [4.69, 9.17) is 5.73 Å². The molecule has 0 saturated carbocycles. The van der Waals surface area contributed by atoms with Gasteiger partial charge < -0.3 is 5.73 Å². The summed E-state index contributed by atoms with van der Waals surface area (Å²) in [5.41, 5.74) is 11.7. The van der Waals surface area contributed by atoms with Crippen molar-refractivity contribution in [3.05, 3.63) is 47.3 Å². The number of rotatable bonds is 2. The van der Waals surface area contributed by atoms with E-state index in [9.17, 15) is 0 Å². The summed E-state index contributed by atoms with van der Waals surface area (Å²) < 4.78 is 1.75. The summed E-state index contributed by atoms with van der Waals surface area (Å²) in [6.45, 7) is 1.89. The van der Waals surface area contributed by atoms with Crippen molar-refractivity contribution in [1.82, 2.24) is 19.8 Å². The van der Waals surface area contributed by atoms with Crippen LogP contribution in [0, 0.1) is 0 Å². The second-order valence-electron chi connectivity index (χ2n) is 6.03.